The maximum Gasteiger partial charge on any atom is 0.332 e. The molecule has 16 heavy (non-hydrogen) atoms. The molecular weight excluding hydrogens is 220 g/mol. The van der Waals surface area contributed by atoms with Crippen LogP contribution in [0.4, 0.5) is 0 Å². The van der Waals surface area contributed by atoms with Gasteiger partial charge in [0.15, 0.2) is 0 Å². The standard InChI is InChI=1S/C12H24O3Si/c1-6-8-16(11(5)14-7-2)9-15-12(13)10(3)4/h11,16H,3,6-9H2,1-2,4-5H3. The fourth-order valence-corrected chi connectivity index (χ4v) is 4.01. The van der Waals surface area contributed by atoms with Gasteiger partial charge in [0.2, 0.25) is 0 Å². The molecule has 0 aliphatic heterocycles. The van der Waals surface area contributed by atoms with Crippen molar-refractivity contribution in [1.29, 1.82) is 0 Å². The van der Waals surface area contributed by atoms with Crippen LogP contribution in [-0.4, -0.2) is 33.3 Å². The highest BCUT2D eigenvalue weighted by Crippen LogP contribution is 2.07. The number of carbonyl (C=O) groups excluding carboxylic acids is 1. The van der Waals surface area contributed by atoms with Crippen molar-refractivity contribution >= 4 is 14.8 Å². The van der Waals surface area contributed by atoms with Gasteiger partial charge in [0.25, 0.3) is 0 Å². The predicted molar refractivity (Wildman–Crippen MR) is 69.1 cm³/mol. The molecule has 0 fully saturated rings. The Morgan fingerprint density at radius 3 is 2.50 bits per heavy atom. The Bertz CT molecular complexity index is 228. The highest BCUT2D eigenvalue weighted by atomic mass is 28.3. The third-order valence-electron chi connectivity index (χ3n) is 2.53. The first-order valence-electron chi connectivity index (χ1n) is 5.97. The number of carbonyl (C=O) groups is 1. The van der Waals surface area contributed by atoms with Crippen molar-refractivity contribution in [2.24, 2.45) is 0 Å². The summed E-state index contributed by atoms with van der Waals surface area (Å²) >= 11 is 0. The molecule has 0 aromatic rings. The fourth-order valence-electron chi connectivity index (χ4n) is 1.53. The zero-order valence-electron chi connectivity index (χ0n) is 10.9. The molecule has 0 aromatic carbocycles. The normalized spacial score (nSPS) is 14.2. The van der Waals surface area contributed by atoms with Crippen molar-refractivity contribution in [2.45, 2.75) is 45.9 Å². The minimum atomic E-state index is -1.15. The molecule has 0 saturated heterocycles. The largest absolute Gasteiger partial charge is 0.466 e. The minimum Gasteiger partial charge on any atom is -0.466 e. The minimum absolute atomic E-state index is 0.267. The Kier molecular flexibility index (Phi) is 8.20. The summed E-state index contributed by atoms with van der Waals surface area (Å²) in [4.78, 5) is 11.3. The van der Waals surface area contributed by atoms with Crippen LogP contribution < -0.4 is 0 Å². The van der Waals surface area contributed by atoms with Crippen molar-refractivity contribution in [1.82, 2.24) is 0 Å². The molecule has 0 aliphatic carbocycles. The summed E-state index contributed by atoms with van der Waals surface area (Å²) in [7, 11) is -1.15. The van der Waals surface area contributed by atoms with Gasteiger partial charge in [0, 0.05) is 17.9 Å². The Balaban J connectivity index is 4.12. The molecule has 0 bridgehead atoms. The van der Waals surface area contributed by atoms with E-state index in [0.29, 0.717) is 11.8 Å². The van der Waals surface area contributed by atoms with E-state index in [1.165, 1.54) is 0 Å². The quantitative estimate of drug-likeness (QED) is 0.373. The molecule has 0 aliphatic rings. The van der Waals surface area contributed by atoms with Gasteiger partial charge in [-0.1, -0.05) is 26.0 Å². The SMILES string of the molecule is C=C(C)C(=O)OC[SiH](CCC)C(C)OCC. The van der Waals surface area contributed by atoms with Gasteiger partial charge in [-0.3, -0.25) is 0 Å². The van der Waals surface area contributed by atoms with Gasteiger partial charge in [-0.15, -0.1) is 0 Å². The second kappa shape index (κ2) is 8.53. The van der Waals surface area contributed by atoms with Gasteiger partial charge in [-0.2, -0.15) is 0 Å². The van der Waals surface area contributed by atoms with Gasteiger partial charge in [0.1, 0.15) is 8.80 Å². The van der Waals surface area contributed by atoms with E-state index >= 15 is 0 Å². The van der Waals surface area contributed by atoms with Crippen LogP contribution in [-0.2, 0) is 14.3 Å². The zero-order chi connectivity index (χ0) is 12.6. The van der Waals surface area contributed by atoms with E-state index in [2.05, 4.69) is 20.4 Å². The summed E-state index contributed by atoms with van der Waals surface area (Å²) in [6.45, 7) is 12.2. The van der Waals surface area contributed by atoms with Crippen molar-refractivity contribution < 1.29 is 14.3 Å². The van der Waals surface area contributed by atoms with E-state index in [1.807, 2.05) is 6.92 Å². The molecule has 0 heterocycles. The van der Waals surface area contributed by atoms with Crippen LogP contribution in [0.1, 0.15) is 34.1 Å². The lowest BCUT2D eigenvalue weighted by molar-refractivity contribution is -0.137. The number of hydrogen-bond donors (Lipinski definition) is 0. The molecule has 0 N–H and O–H groups in total. The Hall–Kier alpha value is -0.613. The van der Waals surface area contributed by atoms with E-state index in [9.17, 15) is 4.79 Å². The molecule has 2 atom stereocenters. The smallest absolute Gasteiger partial charge is 0.332 e. The fraction of sp³-hybridized carbons (Fsp3) is 0.750. The number of hydrogen-bond acceptors (Lipinski definition) is 3. The molecular formula is C12H24O3Si. The van der Waals surface area contributed by atoms with Crippen LogP contribution in [0.5, 0.6) is 0 Å². The molecule has 3 nitrogen and oxygen atoms in total. The summed E-state index contributed by atoms with van der Waals surface area (Å²) in [5.74, 6) is -0.280. The average Bonchev–Trinajstić information content (AvgIpc) is 2.23. The zero-order valence-corrected chi connectivity index (χ0v) is 12.1. The average molecular weight is 244 g/mol. The van der Waals surface area contributed by atoms with E-state index < -0.39 is 8.80 Å². The predicted octanol–water partition coefficient (Wildman–Crippen LogP) is 2.25. The lowest BCUT2D eigenvalue weighted by atomic mass is 10.4. The van der Waals surface area contributed by atoms with Crippen LogP contribution in [0.25, 0.3) is 0 Å². The topological polar surface area (TPSA) is 35.5 Å². The van der Waals surface area contributed by atoms with E-state index in [-0.39, 0.29) is 11.7 Å². The molecule has 2 unspecified atom stereocenters. The molecule has 0 aromatic heterocycles. The van der Waals surface area contributed by atoms with E-state index in [0.717, 1.165) is 19.1 Å². The summed E-state index contributed by atoms with van der Waals surface area (Å²) in [5, 5.41) is 0. The summed E-state index contributed by atoms with van der Waals surface area (Å²) in [5.41, 5.74) is 0.733. The van der Waals surface area contributed by atoms with Crippen molar-refractivity contribution in [3.05, 3.63) is 12.2 Å². The number of ether oxygens (including phenoxy) is 2. The molecule has 0 saturated carbocycles. The van der Waals surface area contributed by atoms with Crippen molar-refractivity contribution in [3.8, 4) is 0 Å². The van der Waals surface area contributed by atoms with Crippen LogP contribution >= 0.6 is 0 Å². The van der Waals surface area contributed by atoms with Gasteiger partial charge >= 0.3 is 5.97 Å². The second-order valence-corrected chi connectivity index (χ2v) is 7.46. The van der Waals surface area contributed by atoms with Gasteiger partial charge in [-0.25, -0.2) is 4.79 Å². The molecule has 4 heteroatoms. The van der Waals surface area contributed by atoms with Gasteiger partial charge < -0.3 is 9.47 Å². The number of esters is 1. The van der Waals surface area contributed by atoms with Gasteiger partial charge in [0.05, 0.1) is 6.23 Å². The molecule has 0 radical (unpaired) electrons. The Morgan fingerprint density at radius 2 is 2.06 bits per heavy atom. The van der Waals surface area contributed by atoms with Crippen LogP contribution in [0, 0.1) is 0 Å². The maximum atomic E-state index is 11.3. The maximum absolute atomic E-state index is 11.3. The molecule has 94 valence electrons. The summed E-state index contributed by atoms with van der Waals surface area (Å²) in [6, 6.07) is 1.14. The van der Waals surface area contributed by atoms with Crippen molar-refractivity contribution in [3.63, 3.8) is 0 Å². The van der Waals surface area contributed by atoms with Crippen molar-refractivity contribution in [2.75, 3.05) is 12.8 Å². The monoisotopic (exact) mass is 244 g/mol. The third kappa shape index (κ3) is 6.08. The number of rotatable bonds is 8. The first kappa shape index (κ1) is 15.4. The highest BCUT2D eigenvalue weighted by molar-refractivity contribution is 6.60. The third-order valence-corrected chi connectivity index (χ3v) is 5.96. The summed E-state index contributed by atoms with van der Waals surface area (Å²) < 4.78 is 10.8. The molecule has 0 spiro atoms. The van der Waals surface area contributed by atoms with Gasteiger partial charge in [-0.05, 0) is 20.8 Å². The van der Waals surface area contributed by atoms with Crippen LogP contribution in [0.15, 0.2) is 12.2 Å². The first-order valence-corrected chi connectivity index (χ1v) is 8.27. The van der Waals surface area contributed by atoms with E-state index in [1.54, 1.807) is 6.92 Å². The lowest BCUT2D eigenvalue weighted by Gasteiger charge is -2.21. The first-order chi connectivity index (χ1) is 7.52. The highest BCUT2D eigenvalue weighted by Gasteiger charge is 2.20. The Morgan fingerprint density at radius 1 is 1.44 bits per heavy atom. The van der Waals surface area contributed by atoms with Crippen LogP contribution in [0.2, 0.25) is 6.04 Å². The lowest BCUT2D eigenvalue weighted by Crippen LogP contribution is -2.36. The summed E-state index contributed by atoms with van der Waals surface area (Å²) in [6.07, 6.45) is 1.68. The second-order valence-electron chi connectivity index (χ2n) is 4.09. The van der Waals surface area contributed by atoms with Crippen LogP contribution in [0.3, 0.4) is 0 Å². The molecule has 0 rings (SSSR count). The Labute approximate surface area is 100 Å². The van der Waals surface area contributed by atoms with E-state index in [4.69, 9.17) is 9.47 Å². The molecule has 0 amide bonds.